The normalized spacial score (nSPS) is 11.2. The average Bonchev–Trinajstić information content (AvgIpc) is 3.28. The number of allylic oxidation sites excluding steroid dienone is 2. The van der Waals surface area contributed by atoms with E-state index in [4.69, 9.17) is 4.98 Å². The topological polar surface area (TPSA) is 50.2 Å². The van der Waals surface area contributed by atoms with Gasteiger partial charge in [0.2, 0.25) is 0 Å². The second-order valence-corrected chi connectivity index (χ2v) is 9.27. The predicted molar refractivity (Wildman–Crippen MR) is 157 cm³/mol. The molecular formula is C35H28IrNO2-. The molecule has 4 heteroatoms. The molecule has 39 heavy (non-hydrogen) atoms. The Kier molecular flexibility index (Phi) is 9.03. The van der Waals surface area contributed by atoms with Crippen molar-refractivity contribution in [3.63, 3.8) is 0 Å². The molecule has 0 atom stereocenters. The number of carbonyl (C=O) groups is 1. The van der Waals surface area contributed by atoms with Crippen molar-refractivity contribution in [2.75, 3.05) is 0 Å². The molecule has 1 aromatic heterocycles. The molecule has 0 saturated heterocycles. The van der Waals surface area contributed by atoms with Gasteiger partial charge in [0.1, 0.15) is 0 Å². The molecule has 0 bridgehead atoms. The molecule has 1 heterocycles. The molecule has 1 aliphatic carbocycles. The van der Waals surface area contributed by atoms with Gasteiger partial charge in [-0.2, -0.15) is 0 Å². The van der Waals surface area contributed by atoms with E-state index in [0.717, 1.165) is 34.3 Å². The van der Waals surface area contributed by atoms with Gasteiger partial charge in [0.05, 0.1) is 11.3 Å². The fourth-order valence-corrected chi connectivity index (χ4v) is 4.77. The standard InChI is InChI=1S/C21H12N.C14H16O2.Ir/c1-2-7-14(8-3-1)20-13-18-16-10-5-4-9-15(16)17-11-6-12-19(22-20)21(17)18;1-3-12-4-6-13(7-5-12)8-9-14(16)10-11(2)15;/h1-7,9-13H;3-7,10,16H,1,8-9H2,2H3;/q-1;;/b;14-10-;. The maximum Gasteiger partial charge on any atom is 0.155 e. The number of fused-ring (bicyclic) bond motifs is 3. The minimum Gasteiger partial charge on any atom is -0.512 e. The van der Waals surface area contributed by atoms with Crippen LogP contribution in [0.5, 0.6) is 0 Å². The Hall–Kier alpha value is -4.11. The third-order valence-electron chi connectivity index (χ3n) is 6.58. The second-order valence-electron chi connectivity index (χ2n) is 9.27. The van der Waals surface area contributed by atoms with Crippen LogP contribution in [-0.4, -0.2) is 15.9 Å². The van der Waals surface area contributed by atoms with Crippen molar-refractivity contribution in [1.82, 2.24) is 4.98 Å². The van der Waals surface area contributed by atoms with Gasteiger partial charge in [-0.25, -0.2) is 0 Å². The van der Waals surface area contributed by atoms with Gasteiger partial charge in [-0.1, -0.05) is 79.4 Å². The first-order chi connectivity index (χ1) is 18.5. The second kappa shape index (κ2) is 12.6. The molecule has 5 aromatic rings. The van der Waals surface area contributed by atoms with E-state index in [-0.39, 0.29) is 31.6 Å². The molecule has 1 N–H and O–H groups in total. The number of hydrogen-bond acceptors (Lipinski definition) is 3. The van der Waals surface area contributed by atoms with Gasteiger partial charge in [0.25, 0.3) is 0 Å². The number of aliphatic hydroxyl groups is 1. The van der Waals surface area contributed by atoms with Crippen molar-refractivity contribution in [3.8, 4) is 33.5 Å². The van der Waals surface area contributed by atoms with E-state index >= 15 is 0 Å². The third-order valence-corrected chi connectivity index (χ3v) is 6.58. The summed E-state index contributed by atoms with van der Waals surface area (Å²) >= 11 is 0. The van der Waals surface area contributed by atoms with E-state index in [9.17, 15) is 9.90 Å². The van der Waals surface area contributed by atoms with Gasteiger partial charge in [-0.15, -0.1) is 35.9 Å². The minimum absolute atomic E-state index is 0. The number of rotatable bonds is 6. The summed E-state index contributed by atoms with van der Waals surface area (Å²) in [6.45, 7) is 5.11. The Bertz CT molecular complexity index is 1650. The first kappa shape index (κ1) is 27.9. The van der Waals surface area contributed by atoms with Crippen molar-refractivity contribution in [3.05, 3.63) is 133 Å². The van der Waals surface area contributed by atoms with Crippen LogP contribution in [0.1, 0.15) is 24.5 Å². The van der Waals surface area contributed by atoms with Crippen LogP contribution < -0.4 is 0 Å². The smallest absolute Gasteiger partial charge is 0.155 e. The first-order valence-electron chi connectivity index (χ1n) is 12.7. The summed E-state index contributed by atoms with van der Waals surface area (Å²) in [5, 5.41) is 10.7. The van der Waals surface area contributed by atoms with Crippen LogP contribution in [0.2, 0.25) is 0 Å². The molecule has 3 nitrogen and oxygen atoms in total. The Morgan fingerprint density at radius 1 is 0.897 bits per heavy atom. The van der Waals surface area contributed by atoms with Gasteiger partial charge < -0.3 is 5.11 Å². The van der Waals surface area contributed by atoms with Crippen molar-refractivity contribution in [2.45, 2.75) is 19.8 Å². The van der Waals surface area contributed by atoms with Crippen LogP contribution in [0, 0.1) is 6.07 Å². The molecule has 1 radical (unpaired) electrons. The van der Waals surface area contributed by atoms with E-state index in [1.54, 1.807) is 6.08 Å². The average molecular weight is 687 g/mol. The summed E-state index contributed by atoms with van der Waals surface area (Å²) in [7, 11) is 0. The Labute approximate surface area is 242 Å². The Morgan fingerprint density at radius 2 is 1.59 bits per heavy atom. The zero-order chi connectivity index (χ0) is 26.5. The van der Waals surface area contributed by atoms with Crippen molar-refractivity contribution < 1.29 is 30.0 Å². The van der Waals surface area contributed by atoms with Crippen LogP contribution in [0.15, 0.2) is 115 Å². The molecule has 0 spiro atoms. The molecule has 0 unspecified atom stereocenters. The number of carbonyl (C=O) groups excluding carboxylic acids is 1. The van der Waals surface area contributed by atoms with Gasteiger partial charge in [-0.3, -0.25) is 9.78 Å². The van der Waals surface area contributed by atoms with Crippen LogP contribution >= 0.6 is 0 Å². The third kappa shape index (κ3) is 6.31. The zero-order valence-corrected chi connectivity index (χ0v) is 24.0. The van der Waals surface area contributed by atoms with Gasteiger partial charge in [0.15, 0.2) is 5.78 Å². The van der Waals surface area contributed by atoms with Crippen molar-refractivity contribution >= 4 is 22.8 Å². The molecular weight excluding hydrogens is 659 g/mol. The Morgan fingerprint density at radius 3 is 2.26 bits per heavy atom. The predicted octanol–water partition coefficient (Wildman–Crippen LogP) is 8.64. The number of aliphatic hydroxyl groups excluding tert-OH is 1. The summed E-state index contributed by atoms with van der Waals surface area (Å²) in [6, 6.07) is 36.4. The molecule has 0 amide bonds. The quantitative estimate of drug-likeness (QED) is 0.108. The molecule has 195 valence electrons. The van der Waals surface area contributed by atoms with E-state index in [2.05, 4.69) is 67.2 Å². The van der Waals surface area contributed by atoms with Crippen LogP contribution in [0.25, 0.3) is 50.5 Å². The largest absolute Gasteiger partial charge is 0.512 e. The SMILES string of the molecule is C=Cc1ccc(CC/C(O)=C/C(C)=O)cc1.[Ir].[c-]1ccccc1-c1cc2c3c(cccc3n1)-c1ccccc1-2. The fraction of sp³-hybridized carbons (Fsp3) is 0.0857. The maximum absolute atomic E-state index is 10.7. The number of benzene rings is 4. The number of nitrogens with zero attached hydrogens (tertiary/aromatic N) is 1. The van der Waals surface area contributed by atoms with Gasteiger partial charge >= 0.3 is 0 Å². The first-order valence-corrected chi connectivity index (χ1v) is 12.7. The van der Waals surface area contributed by atoms with Crippen LogP contribution in [-0.2, 0) is 31.3 Å². The summed E-state index contributed by atoms with van der Waals surface area (Å²) < 4.78 is 0. The molecule has 0 aliphatic heterocycles. The molecule has 6 rings (SSSR count). The summed E-state index contributed by atoms with van der Waals surface area (Å²) in [5.41, 5.74) is 10.5. The number of aryl methyl sites for hydroxylation is 1. The fourth-order valence-electron chi connectivity index (χ4n) is 4.77. The molecule has 0 fully saturated rings. The van der Waals surface area contributed by atoms with E-state index in [0.29, 0.717) is 6.42 Å². The minimum atomic E-state index is -0.125. The van der Waals surface area contributed by atoms with Gasteiger partial charge in [0, 0.05) is 38.0 Å². The molecule has 4 aromatic carbocycles. The summed E-state index contributed by atoms with van der Waals surface area (Å²) in [4.78, 5) is 15.6. The number of hydrogen-bond donors (Lipinski definition) is 1. The monoisotopic (exact) mass is 687 g/mol. The molecule has 0 saturated carbocycles. The summed E-state index contributed by atoms with van der Waals surface area (Å²) in [6.07, 6.45) is 4.27. The zero-order valence-electron chi connectivity index (χ0n) is 21.6. The van der Waals surface area contributed by atoms with Crippen LogP contribution in [0.4, 0.5) is 0 Å². The Balaban J connectivity index is 0.000000187. The van der Waals surface area contributed by atoms with Crippen molar-refractivity contribution in [2.24, 2.45) is 0 Å². The number of ketones is 1. The molecule has 1 aliphatic rings. The van der Waals surface area contributed by atoms with Gasteiger partial charge in [-0.05, 0) is 58.5 Å². The summed E-state index contributed by atoms with van der Waals surface area (Å²) in [5.74, 6) is 0.0137. The van der Waals surface area contributed by atoms with E-state index in [1.165, 1.54) is 40.6 Å². The number of pyridine rings is 1. The van der Waals surface area contributed by atoms with E-state index in [1.807, 2.05) is 42.5 Å². The number of aromatic nitrogens is 1. The van der Waals surface area contributed by atoms with Crippen molar-refractivity contribution in [1.29, 1.82) is 0 Å². The van der Waals surface area contributed by atoms with Crippen LogP contribution in [0.3, 0.4) is 0 Å². The maximum atomic E-state index is 10.7. The van der Waals surface area contributed by atoms with E-state index < -0.39 is 0 Å².